The van der Waals surface area contributed by atoms with E-state index in [4.69, 9.17) is 19.2 Å². The second-order valence-corrected chi connectivity index (χ2v) is 8.59. The molecule has 3 aromatic heterocycles. The van der Waals surface area contributed by atoms with Gasteiger partial charge >= 0.3 is 0 Å². The molecule has 4 aromatic rings. The van der Waals surface area contributed by atoms with Crippen LogP contribution in [-0.4, -0.2) is 59.2 Å². The highest BCUT2D eigenvalue weighted by molar-refractivity contribution is 5.95. The van der Waals surface area contributed by atoms with Crippen molar-refractivity contribution in [1.82, 2.24) is 19.9 Å². The summed E-state index contributed by atoms with van der Waals surface area (Å²) in [4.78, 5) is 27.4. The maximum absolute atomic E-state index is 13.4. The maximum Gasteiger partial charge on any atom is 0.254 e. The summed E-state index contributed by atoms with van der Waals surface area (Å²) in [7, 11) is 1.57. The average Bonchev–Trinajstić information content (AvgIpc) is 3.24. The minimum absolute atomic E-state index is 0.0529. The Labute approximate surface area is 203 Å². The number of nitrogens with one attached hydrogen (secondary N) is 1. The Hall–Kier alpha value is -3.91. The number of nitrogens with zero attached hydrogens (tertiary/aromatic N) is 3. The number of hydrogen-bond acceptors (Lipinski definition) is 6. The molecule has 180 valence electrons. The first-order chi connectivity index (χ1) is 17.2. The fraction of sp³-hybridized carbons (Fsp3) is 0.296. The van der Waals surface area contributed by atoms with Crippen LogP contribution in [0.5, 0.6) is 11.5 Å². The molecule has 0 unspecified atom stereocenters. The van der Waals surface area contributed by atoms with Gasteiger partial charge in [0.2, 0.25) is 0 Å². The van der Waals surface area contributed by atoms with Crippen LogP contribution in [0.2, 0.25) is 0 Å². The second kappa shape index (κ2) is 10.6. The van der Waals surface area contributed by atoms with E-state index in [1.165, 1.54) is 0 Å². The van der Waals surface area contributed by atoms with Crippen molar-refractivity contribution in [2.75, 3.05) is 33.4 Å². The van der Waals surface area contributed by atoms with Gasteiger partial charge in [-0.1, -0.05) is 6.07 Å². The number of ether oxygens (including phenoxy) is 3. The summed E-state index contributed by atoms with van der Waals surface area (Å²) < 4.78 is 17.2. The van der Waals surface area contributed by atoms with Gasteiger partial charge in [-0.3, -0.25) is 9.78 Å². The monoisotopic (exact) mass is 472 g/mol. The minimum Gasteiger partial charge on any atom is -0.493 e. The number of hydrogen-bond donors (Lipinski definition) is 1. The number of H-pyrrole nitrogens is 1. The van der Waals surface area contributed by atoms with E-state index < -0.39 is 0 Å². The van der Waals surface area contributed by atoms with E-state index in [2.05, 4.69) is 16.0 Å². The molecule has 1 saturated heterocycles. The third-order valence-corrected chi connectivity index (χ3v) is 6.10. The van der Waals surface area contributed by atoms with Crippen molar-refractivity contribution in [1.29, 1.82) is 0 Å². The number of fused-ring (bicyclic) bond motifs is 1. The van der Waals surface area contributed by atoms with E-state index in [1.807, 2.05) is 41.4 Å². The lowest BCUT2D eigenvalue weighted by Gasteiger charge is -2.24. The molecule has 8 nitrogen and oxygen atoms in total. The molecule has 35 heavy (non-hydrogen) atoms. The molecule has 1 amide bonds. The molecule has 4 heterocycles. The third kappa shape index (κ3) is 5.44. The number of pyridine rings is 2. The summed E-state index contributed by atoms with van der Waals surface area (Å²) >= 11 is 0. The van der Waals surface area contributed by atoms with Crippen molar-refractivity contribution in [3.63, 3.8) is 0 Å². The molecule has 1 N–H and O–H groups in total. The molecule has 0 aliphatic carbocycles. The van der Waals surface area contributed by atoms with Crippen LogP contribution in [0.4, 0.5) is 0 Å². The minimum atomic E-state index is -0.0529. The Morgan fingerprint density at radius 1 is 1.14 bits per heavy atom. The predicted octanol–water partition coefficient (Wildman–Crippen LogP) is 3.88. The van der Waals surface area contributed by atoms with Crippen molar-refractivity contribution in [3.8, 4) is 11.5 Å². The lowest BCUT2D eigenvalue weighted by Crippen LogP contribution is -2.36. The van der Waals surface area contributed by atoms with E-state index in [0.29, 0.717) is 50.0 Å². The van der Waals surface area contributed by atoms with Crippen LogP contribution < -0.4 is 9.47 Å². The van der Waals surface area contributed by atoms with Crippen LogP contribution in [0.25, 0.3) is 11.0 Å². The number of carbonyl (C=O) groups is 1. The molecule has 0 bridgehead atoms. The largest absolute Gasteiger partial charge is 0.493 e. The SMILES string of the molecule is COc1cc(C(=O)N2CCOC[C@@H](Cc3ccc4cc[nH]c4n3)C2)ccc1OCc1ccccn1. The summed E-state index contributed by atoms with van der Waals surface area (Å²) in [6, 6.07) is 17.1. The standard InChI is InChI=1S/C27H28N4O4/c1-33-25-15-21(6-8-24(25)35-18-23-4-2-3-10-28-23)27(32)31-12-13-34-17-19(16-31)14-22-7-5-20-9-11-29-26(20)30-22/h2-11,15,19H,12-14,16-18H2,1H3,(H,29,30)/t19-/m0/s1. The Morgan fingerprint density at radius 2 is 2.09 bits per heavy atom. The smallest absolute Gasteiger partial charge is 0.254 e. The fourth-order valence-electron chi connectivity index (χ4n) is 4.31. The Bertz CT molecular complexity index is 1290. The van der Waals surface area contributed by atoms with E-state index in [-0.39, 0.29) is 11.8 Å². The zero-order chi connectivity index (χ0) is 24.0. The number of benzene rings is 1. The highest BCUT2D eigenvalue weighted by atomic mass is 16.5. The first-order valence-corrected chi connectivity index (χ1v) is 11.7. The molecular weight excluding hydrogens is 444 g/mol. The highest BCUT2D eigenvalue weighted by Gasteiger charge is 2.25. The molecule has 0 spiro atoms. The van der Waals surface area contributed by atoms with Crippen molar-refractivity contribution in [2.45, 2.75) is 13.0 Å². The van der Waals surface area contributed by atoms with Crippen molar-refractivity contribution in [2.24, 2.45) is 5.92 Å². The number of rotatable bonds is 7. The maximum atomic E-state index is 13.4. The summed E-state index contributed by atoms with van der Waals surface area (Å²) in [6.45, 7) is 2.56. The molecule has 1 fully saturated rings. The quantitative estimate of drug-likeness (QED) is 0.439. The number of carbonyl (C=O) groups excluding carboxylic acids is 1. The number of aromatic nitrogens is 3. The molecule has 5 rings (SSSR count). The van der Waals surface area contributed by atoms with Crippen molar-refractivity contribution >= 4 is 16.9 Å². The van der Waals surface area contributed by atoms with Crippen LogP contribution in [0, 0.1) is 5.92 Å². The van der Waals surface area contributed by atoms with Gasteiger partial charge in [0.25, 0.3) is 5.91 Å². The third-order valence-electron chi connectivity index (χ3n) is 6.10. The topological polar surface area (TPSA) is 89.6 Å². The van der Waals surface area contributed by atoms with Gasteiger partial charge in [0.1, 0.15) is 12.3 Å². The van der Waals surface area contributed by atoms with Gasteiger partial charge in [-0.15, -0.1) is 0 Å². The molecule has 0 radical (unpaired) electrons. The first kappa shape index (κ1) is 22.9. The summed E-state index contributed by atoms with van der Waals surface area (Å²) in [5.74, 6) is 1.18. The van der Waals surface area contributed by atoms with Gasteiger partial charge in [-0.2, -0.15) is 0 Å². The average molecular weight is 473 g/mol. The molecular formula is C27H28N4O4. The first-order valence-electron chi connectivity index (χ1n) is 11.7. The summed E-state index contributed by atoms with van der Waals surface area (Å²) in [5.41, 5.74) is 3.23. The van der Waals surface area contributed by atoms with Gasteiger partial charge in [0, 0.05) is 48.0 Å². The fourth-order valence-corrected chi connectivity index (χ4v) is 4.31. The molecule has 1 aromatic carbocycles. The van der Waals surface area contributed by atoms with Gasteiger partial charge in [-0.05, 0) is 55.0 Å². The highest BCUT2D eigenvalue weighted by Crippen LogP contribution is 2.29. The van der Waals surface area contributed by atoms with E-state index >= 15 is 0 Å². The van der Waals surface area contributed by atoms with Crippen LogP contribution >= 0.6 is 0 Å². The van der Waals surface area contributed by atoms with Crippen LogP contribution in [0.1, 0.15) is 21.7 Å². The predicted molar refractivity (Wildman–Crippen MR) is 132 cm³/mol. The molecule has 1 aliphatic rings. The van der Waals surface area contributed by atoms with Gasteiger partial charge in [-0.25, -0.2) is 4.98 Å². The van der Waals surface area contributed by atoms with E-state index in [1.54, 1.807) is 31.5 Å². The summed E-state index contributed by atoms with van der Waals surface area (Å²) in [5, 5.41) is 1.09. The zero-order valence-electron chi connectivity index (χ0n) is 19.6. The molecule has 1 aliphatic heterocycles. The Balaban J connectivity index is 1.27. The van der Waals surface area contributed by atoms with Crippen LogP contribution in [0.15, 0.2) is 67.0 Å². The second-order valence-electron chi connectivity index (χ2n) is 8.59. The van der Waals surface area contributed by atoms with Gasteiger partial charge < -0.3 is 24.1 Å². The normalized spacial score (nSPS) is 16.1. The lowest BCUT2D eigenvalue weighted by atomic mass is 10.0. The lowest BCUT2D eigenvalue weighted by molar-refractivity contribution is 0.0737. The zero-order valence-corrected chi connectivity index (χ0v) is 19.6. The molecule has 8 heteroatoms. The Kier molecular flexibility index (Phi) is 6.90. The Morgan fingerprint density at radius 3 is 2.94 bits per heavy atom. The van der Waals surface area contributed by atoms with Crippen LogP contribution in [0.3, 0.4) is 0 Å². The number of aromatic amines is 1. The summed E-state index contributed by atoms with van der Waals surface area (Å²) in [6.07, 6.45) is 4.35. The van der Waals surface area contributed by atoms with Gasteiger partial charge in [0.15, 0.2) is 11.5 Å². The number of methoxy groups -OCH3 is 1. The van der Waals surface area contributed by atoms with Crippen molar-refractivity contribution < 1.29 is 19.0 Å². The van der Waals surface area contributed by atoms with Crippen molar-refractivity contribution in [3.05, 3.63) is 83.9 Å². The molecule has 1 atom stereocenters. The number of amides is 1. The van der Waals surface area contributed by atoms with Gasteiger partial charge in [0.05, 0.1) is 26.0 Å². The van der Waals surface area contributed by atoms with E-state index in [0.717, 1.165) is 28.8 Å². The van der Waals surface area contributed by atoms with E-state index in [9.17, 15) is 4.79 Å². The molecule has 0 saturated carbocycles. The van der Waals surface area contributed by atoms with Crippen LogP contribution in [-0.2, 0) is 17.8 Å².